The highest BCUT2D eigenvalue weighted by Crippen LogP contribution is 2.31. The molecule has 0 spiro atoms. The van der Waals surface area contributed by atoms with Gasteiger partial charge in [0.15, 0.2) is 6.04 Å². The monoisotopic (exact) mass is 403 g/mol. The maximum atomic E-state index is 12.9. The Kier molecular flexibility index (Phi) is 5.07. The summed E-state index contributed by atoms with van der Waals surface area (Å²) in [5.41, 5.74) is 6.49. The molecule has 3 aromatic rings. The number of carbonyl (C=O) groups is 1. The Morgan fingerprint density at radius 1 is 1.03 bits per heavy atom. The average molecular weight is 404 g/mol. The predicted octanol–water partition coefficient (Wildman–Crippen LogP) is 5.61. The molecule has 0 saturated carbocycles. The van der Waals surface area contributed by atoms with Gasteiger partial charge in [0.05, 0.1) is 17.1 Å². The highest BCUT2D eigenvalue weighted by atomic mass is 32.1. The van der Waals surface area contributed by atoms with Crippen LogP contribution in [0.1, 0.15) is 23.6 Å². The van der Waals surface area contributed by atoms with Crippen LogP contribution in [-0.2, 0) is 4.79 Å². The second-order valence-corrected chi connectivity index (χ2v) is 7.97. The molecular formula is C22H21N5OS. The normalized spacial score (nSPS) is 16.7. The van der Waals surface area contributed by atoms with Crippen molar-refractivity contribution in [2.24, 2.45) is 15.3 Å². The summed E-state index contributed by atoms with van der Waals surface area (Å²) >= 11 is 1.39. The zero-order chi connectivity index (χ0) is 20.5. The molecule has 0 aliphatic carbocycles. The van der Waals surface area contributed by atoms with E-state index in [-0.39, 0.29) is 5.91 Å². The van der Waals surface area contributed by atoms with Crippen molar-refractivity contribution in [2.75, 3.05) is 5.01 Å². The van der Waals surface area contributed by atoms with Crippen molar-refractivity contribution < 1.29 is 4.79 Å². The summed E-state index contributed by atoms with van der Waals surface area (Å²) in [6.07, 6.45) is 0. The summed E-state index contributed by atoms with van der Waals surface area (Å²) in [5.74, 6) is -0.234. The van der Waals surface area contributed by atoms with Crippen molar-refractivity contribution in [1.82, 2.24) is 4.98 Å². The molecule has 1 atom stereocenters. The molecule has 7 heteroatoms. The zero-order valence-corrected chi connectivity index (χ0v) is 17.6. The molecule has 4 rings (SSSR count). The molecule has 0 bridgehead atoms. The Balaban J connectivity index is 1.57. The van der Waals surface area contributed by atoms with Gasteiger partial charge in [0.25, 0.3) is 5.91 Å². The van der Waals surface area contributed by atoms with Crippen molar-refractivity contribution in [1.29, 1.82) is 0 Å². The largest absolute Gasteiger partial charge is 0.282 e. The van der Waals surface area contributed by atoms with E-state index in [0.29, 0.717) is 10.8 Å². The van der Waals surface area contributed by atoms with E-state index >= 15 is 0 Å². The third-order valence-electron chi connectivity index (χ3n) is 4.75. The molecule has 2 aromatic carbocycles. The molecule has 0 N–H and O–H groups in total. The first-order valence-electron chi connectivity index (χ1n) is 9.33. The van der Waals surface area contributed by atoms with Crippen LogP contribution < -0.4 is 5.01 Å². The van der Waals surface area contributed by atoms with E-state index in [9.17, 15) is 4.79 Å². The van der Waals surface area contributed by atoms with Gasteiger partial charge in [-0.25, -0.2) is 4.98 Å². The summed E-state index contributed by atoms with van der Waals surface area (Å²) in [6.45, 7) is 7.84. The number of benzene rings is 2. The molecule has 29 heavy (non-hydrogen) atoms. The van der Waals surface area contributed by atoms with Crippen LogP contribution in [-0.4, -0.2) is 22.6 Å². The number of nitrogens with zero attached hydrogens (tertiary/aromatic N) is 5. The number of rotatable bonds is 4. The third-order valence-corrected chi connectivity index (χ3v) is 5.56. The quantitative estimate of drug-likeness (QED) is 0.531. The number of amides is 1. The lowest BCUT2D eigenvalue weighted by Crippen LogP contribution is -2.29. The number of aromatic nitrogens is 1. The highest BCUT2D eigenvalue weighted by molar-refractivity contribution is 7.14. The van der Waals surface area contributed by atoms with E-state index in [2.05, 4.69) is 32.4 Å². The van der Waals surface area contributed by atoms with Crippen LogP contribution in [0.4, 0.5) is 10.8 Å². The molecule has 146 valence electrons. The molecule has 0 fully saturated rings. The lowest BCUT2D eigenvalue weighted by Gasteiger charge is -2.09. The standard InChI is InChI=1S/C22H21N5OS/c1-13-10-14(2)19(15(3)11-13)24-25-20-16(4)26-27(21(20)28)22-23-18(12-29-22)17-8-6-5-7-9-17/h5-12,20H,1-4H3/t20-/m1/s1. The number of thiazole rings is 1. The lowest BCUT2D eigenvalue weighted by molar-refractivity contribution is -0.117. The molecule has 1 aromatic heterocycles. The Hall–Kier alpha value is -3.19. The van der Waals surface area contributed by atoms with Gasteiger partial charge >= 0.3 is 0 Å². The Labute approximate surface area is 173 Å². The number of carbonyl (C=O) groups excluding carboxylic acids is 1. The molecule has 1 amide bonds. The predicted molar refractivity (Wildman–Crippen MR) is 117 cm³/mol. The fourth-order valence-electron chi connectivity index (χ4n) is 3.37. The van der Waals surface area contributed by atoms with Crippen molar-refractivity contribution in [3.05, 3.63) is 64.5 Å². The van der Waals surface area contributed by atoms with E-state index in [1.165, 1.54) is 21.9 Å². The smallest absolute Gasteiger partial charge is 0.269 e. The van der Waals surface area contributed by atoms with E-state index in [4.69, 9.17) is 0 Å². The minimum atomic E-state index is -0.723. The lowest BCUT2D eigenvalue weighted by atomic mass is 10.1. The molecule has 6 nitrogen and oxygen atoms in total. The fraction of sp³-hybridized carbons (Fsp3) is 0.227. The highest BCUT2D eigenvalue weighted by Gasteiger charge is 2.36. The third kappa shape index (κ3) is 3.73. The first-order chi connectivity index (χ1) is 13.9. The Morgan fingerprint density at radius 2 is 1.72 bits per heavy atom. The van der Waals surface area contributed by atoms with Gasteiger partial charge in [-0.05, 0) is 38.8 Å². The van der Waals surface area contributed by atoms with Gasteiger partial charge in [0, 0.05) is 10.9 Å². The molecule has 1 aliphatic heterocycles. The number of azo groups is 1. The summed E-state index contributed by atoms with van der Waals surface area (Å²) < 4.78 is 0. The van der Waals surface area contributed by atoms with E-state index in [0.717, 1.165) is 28.1 Å². The summed E-state index contributed by atoms with van der Waals surface area (Å²) in [6, 6.07) is 13.3. The molecule has 0 unspecified atom stereocenters. The van der Waals surface area contributed by atoms with Gasteiger partial charge in [-0.15, -0.1) is 11.3 Å². The second kappa shape index (κ2) is 7.67. The minimum Gasteiger partial charge on any atom is -0.269 e. The Bertz CT molecular complexity index is 1110. The van der Waals surface area contributed by atoms with E-state index in [1.807, 2.05) is 56.5 Å². The molecule has 0 saturated heterocycles. The van der Waals surface area contributed by atoms with Crippen molar-refractivity contribution in [3.8, 4) is 11.3 Å². The van der Waals surface area contributed by atoms with Gasteiger partial charge in [0.2, 0.25) is 5.13 Å². The first kappa shape index (κ1) is 19.1. The topological polar surface area (TPSA) is 70.3 Å². The summed E-state index contributed by atoms with van der Waals surface area (Å²) in [7, 11) is 0. The van der Waals surface area contributed by atoms with Gasteiger partial charge in [0.1, 0.15) is 0 Å². The van der Waals surface area contributed by atoms with Crippen LogP contribution in [0.3, 0.4) is 0 Å². The van der Waals surface area contributed by atoms with Crippen LogP contribution in [0, 0.1) is 20.8 Å². The maximum absolute atomic E-state index is 12.9. The van der Waals surface area contributed by atoms with Crippen molar-refractivity contribution in [3.63, 3.8) is 0 Å². The van der Waals surface area contributed by atoms with Gasteiger partial charge in [-0.2, -0.15) is 20.3 Å². The first-order valence-corrected chi connectivity index (χ1v) is 10.2. The zero-order valence-electron chi connectivity index (χ0n) is 16.7. The van der Waals surface area contributed by atoms with Crippen LogP contribution in [0.5, 0.6) is 0 Å². The molecule has 2 heterocycles. The number of hydrazone groups is 1. The van der Waals surface area contributed by atoms with E-state index in [1.54, 1.807) is 6.92 Å². The molecule has 1 aliphatic rings. The van der Waals surface area contributed by atoms with Gasteiger partial charge in [-0.1, -0.05) is 48.0 Å². The minimum absolute atomic E-state index is 0.234. The maximum Gasteiger partial charge on any atom is 0.282 e. The second-order valence-electron chi connectivity index (χ2n) is 7.14. The fourth-order valence-corrected chi connectivity index (χ4v) is 4.16. The van der Waals surface area contributed by atoms with Crippen molar-refractivity contribution in [2.45, 2.75) is 33.7 Å². The number of hydrogen-bond acceptors (Lipinski definition) is 6. The number of hydrogen-bond donors (Lipinski definition) is 0. The summed E-state index contributed by atoms with van der Waals surface area (Å²) in [5, 5.41) is 16.9. The van der Waals surface area contributed by atoms with Crippen molar-refractivity contribution >= 4 is 33.8 Å². The average Bonchev–Trinajstić information content (AvgIpc) is 3.27. The Morgan fingerprint density at radius 3 is 2.41 bits per heavy atom. The van der Waals surface area contributed by atoms with Crippen LogP contribution in [0.15, 0.2) is 63.2 Å². The van der Waals surface area contributed by atoms with E-state index < -0.39 is 6.04 Å². The number of anilines is 1. The van der Waals surface area contributed by atoms with Crippen LogP contribution >= 0.6 is 11.3 Å². The van der Waals surface area contributed by atoms with Gasteiger partial charge < -0.3 is 0 Å². The molecular weight excluding hydrogens is 382 g/mol. The summed E-state index contributed by atoms with van der Waals surface area (Å²) in [4.78, 5) is 17.5. The van der Waals surface area contributed by atoms with Gasteiger partial charge in [-0.3, -0.25) is 4.79 Å². The van der Waals surface area contributed by atoms with Crippen LogP contribution in [0.2, 0.25) is 0 Å². The molecule has 0 radical (unpaired) electrons. The number of aryl methyl sites for hydroxylation is 3. The van der Waals surface area contributed by atoms with Crippen LogP contribution in [0.25, 0.3) is 11.3 Å². The SMILES string of the molecule is CC1=NN(c2nc(-c3ccccc3)cs2)C(=O)[C@@H]1N=Nc1c(C)cc(C)cc1C.